The van der Waals surface area contributed by atoms with Crippen LogP contribution in [-0.2, 0) is 16.1 Å². The topological polar surface area (TPSA) is 88.0 Å². The van der Waals surface area contributed by atoms with Crippen molar-refractivity contribution in [1.29, 1.82) is 0 Å². The predicted octanol–water partition coefficient (Wildman–Crippen LogP) is 1.92. The number of hydrogen-bond donors (Lipinski definition) is 1. The molecule has 2 heterocycles. The van der Waals surface area contributed by atoms with Crippen molar-refractivity contribution in [3.63, 3.8) is 0 Å². The zero-order chi connectivity index (χ0) is 21.3. The highest BCUT2D eigenvalue weighted by Crippen LogP contribution is 2.17. The van der Waals surface area contributed by atoms with Crippen LogP contribution < -0.4 is 25.0 Å². The van der Waals surface area contributed by atoms with Crippen molar-refractivity contribution < 1.29 is 23.7 Å². The Labute approximate surface area is 175 Å². The average molecular weight is 416 g/mol. The first kappa shape index (κ1) is 21.7. The molecule has 1 unspecified atom stereocenters. The van der Waals surface area contributed by atoms with E-state index in [1.54, 1.807) is 20.2 Å². The van der Waals surface area contributed by atoms with E-state index in [4.69, 9.17) is 18.9 Å². The van der Waals surface area contributed by atoms with Gasteiger partial charge in [-0.05, 0) is 44.0 Å². The van der Waals surface area contributed by atoms with E-state index in [0.29, 0.717) is 25.4 Å². The summed E-state index contributed by atoms with van der Waals surface area (Å²) >= 11 is 0. The maximum atomic E-state index is 12.2. The van der Waals surface area contributed by atoms with E-state index in [-0.39, 0.29) is 29.8 Å². The van der Waals surface area contributed by atoms with Gasteiger partial charge in [0.25, 0.3) is 5.91 Å². The van der Waals surface area contributed by atoms with Crippen LogP contribution in [0.4, 0.5) is 0 Å². The van der Waals surface area contributed by atoms with Crippen LogP contribution in [0.5, 0.6) is 17.2 Å². The number of aromatic nitrogens is 1. The van der Waals surface area contributed by atoms with Gasteiger partial charge in [-0.1, -0.05) is 0 Å². The van der Waals surface area contributed by atoms with Crippen molar-refractivity contribution >= 4 is 5.91 Å². The van der Waals surface area contributed by atoms with Crippen LogP contribution in [0, 0.1) is 6.92 Å². The Kier molecular flexibility index (Phi) is 7.73. The molecule has 2 aromatic rings. The van der Waals surface area contributed by atoms with Crippen LogP contribution in [0.1, 0.15) is 18.5 Å². The summed E-state index contributed by atoms with van der Waals surface area (Å²) < 4.78 is 23.7. The van der Waals surface area contributed by atoms with E-state index in [1.807, 2.05) is 28.8 Å². The first-order valence-corrected chi connectivity index (χ1v) is 10.0. The summed E-state index contributed by atoms with van der Waals surface area (Å²) in [5.41, 5.74) is 0.388. The molecule has 0 bridgehead atoms. The number of carbonyl (C=O) groups excluding carboxylic acids is 1. The molecule has 1 aliphatic heterocycles. The van der Waals surface area contributed by atoms with E-state index in [1.165, 1.54) is 6.07 Å². The Hall–Kier alpha value is -3.00. The number of nitrogens with one attached hydrogen (secondary N) is 1. The molecule has 1 saturated heterocycles. The summed E-state index contributed by atoms with van der Waals surface area (Å²) in [4.78, 5) is 24.2. The van der Waals surface area contributed by atoms with Gasteiger partial charge >= 0.3 is 0 Å². The Balaban J connectivity index is 1.50. The minimum Gasteiger partial charge on any atom is -0.497 e. The van der Waals surface area contributed by atoms with Crippen molar-refractivity contribution in [2.24, 2.45) is 0 Å². The van der Waals surface area contributed by atoms with Crippen LogP contribution >= 0.6 is 0 Å². The lowest BCUT2D eigenvalue weighted by atomic mass is 10.2. The van der Waals surface area contributed by atoms with Crippen LogP contribution in [0.3, 0.4) is 0 Å². The Morgan fingerprint density at radius 2 is 1.97 bits per heavy atom. The van der Waals surface area contributed by atoms with E-state index >= 15 is 0 Å². The highest BCUT2D eigenvalue weighted by atomic mass is 16.5. The number of carbonyl (C=O) groups is 1. The van der Waals surface area contributed by atoms with E-state index < -0.39 is 0 Å². The first-order chi connectivity index (χ1) is 14.6. The van der Waals surface area contributed by atoms with Crippen molar-refractivity contribution in [3.05, 3.63) is 52.4 Å². The quantitative estimate of drug-likeness (QED) is 0.637. The molecule has 1 N–H and O–H groups in total. The van der Waals surface area contributed by atoms with E-state index in [9.17, 15) is 9.59 Å². The summed E-state index contributed by atoms with van der Waals surface area (Å²) in [6.07, 6.45) is 3.72. The van der Waals surface area contributed by atoms with Gasteiger partial charge in [-0.15, -0.1) is 0 Å². The third kappa shape index (κ3) is 6.00. The molecule has 1 aromatic carbocycles. The van der Waals surface area contributed by atoms with Gasteiger partial charge in [0, 0.05) is 25.4 Å². The third-order valence-corrected chi connectivity index (χ3v) is 4.95. The fraction of sp³-hybridized carbons (Fsp3) is 0.455. The second-order valence-electron chi connectivity index (χ2n) is 7.04. The molecular weight excluding hydrogens is 388 g/mol. The normalized spacial score (nSPS) is 15.6. The monoisotopic (exact) mass is 416 g/mol. The summed E-state index contributed by atoms with van der Waals surface area (Å²) in [6, 6.07) is 8.76. The summed E-state index contributed by atoms with van der Waals surface area (Å²) in [5, 5.41) is 2.78. The van der Waals surface area contributed by atoms with E-state index in [0.717, 1.165) is 30.9 Å². The Morgan fingerprint density at radius 1 is 1.20 bits per heavy atom. The van der Waals surface area contributed by atoms with Gasteiger partial charge in [0.1, 0.15) is 18.1 Å². The number of rotatable bonds is 10. The fourth-order valence-electron chi connectivity index (χ4n) is 3.23. The molecule has 0 spiro atoms. The summed E-state index contributed by atoms with van der Waals surface area (Å²) in [6.45, 7) is 3.71. The van der Waals surface area contributed by atoms with Gasteiger partial charge < -0.3 is 28.8 Å². The third-order valence-electron chi connectivity index (χ3n) is 4.95. The minimum absolute atomic E-state index is 0.0651. The molecule has 0 radical (unpaired) electrons. The second-order valence-corrected chi connectivity index (χ2v) is 7.04. The molecule has 1 atom stereocenters. The van der Waals surface area contributed by atoms with Gasteiger partial charge in [-0.25, -0.2) is 0 Å². The molecule has 1 aliphatic rings. The lowest BCUT2D eigenvalue weighted by Crippen LogP contribution is -2.35. The largest absolute Gasteiger partial charge is 0.497 e. The number of amides is 1. The molecule has 0 aliphatic carbocycles. The van der Waals surface area contributed by atoms with Crippen LogP contribution in [0.2, 0.25) is 0 Å². The van der Waals surface area contributed by atoms with Crippen molar-refractivity contribution in [1.82, 2.24) is 9.88 Å². The number of nitrogens with zero attached hydrogens (tertiary/aromatic N) is 1. The highest BCUT2D eigenvalue weighted by molar-refractivity contribution is 5.77. The lowest BCUT2D eigenvalue weighted by molar-refractivity contribution is -0.123. The van der Waals surface area contributed by atoms with Gasteiger partial charge in [0.2, 0.25) is 5.43 Å². The Morgan fingerprint density at radius 3 is 2.67 bits per heavy atom. The zero-order valence-corrected chi connectivity index (χ0v) is 17.4. The van der Waals surface area contributed by atoms with E-state index in [2.05, 4.69) is 5.32 Å². The van der Waals surface area contributed by atoms with Gasteiger partial charge in [-0.2, -0.15) is 0 Å². The molecule has 3 rings (SSSR count). The Bertz CT molecular complexity index is 887. The molecule has 162 valence electrons. The van der Waals surface area contributed by atoms with Crippen molar-refractivity contribution in [2.75, 3.05) is 33.5 Å². The molecular formula is C22H28N2O6. The molecule has 1 aromatic heterocycles. The molecule has 1 amide bonds. The molecule has 8 nitrogen and oxygen atoms in total. The summed E-state index contributed by atoms with van der Waals surface area (Å²) in [5.74, 6) is 1.39. The van der Waals surface area contributed by atoms with Gasteiger partial charge in [-0.3, -0.25) is 9.59 Å². The number of hydrogen-bond acceptors (Lipinski definition) is 6. The van der Waals surface area contributed by atoms with Gasteiger partial charge in [0.05, 0.1) is 25.5 Å². The maximum Gasteiger partial charge on any atom is 0.258 e. The second kappa shape index (κ2) is 10.7. The SMILES string of the molecule is COc1ccc(OCCn2ccc(=O)c(OCC(=O)NCC3CCCO3)c2C)cc1. The van der Waals surface area contributed by atoms with Gasteiger partial charge in [0.15, 0.2) is 12.4 Å². The number of ether oxygens (including phenoxy) is 4. The van der Waals surface area contributed by atoms with Crippen LogP contribution in [0.25, 0.3) is 0 Å². The van der Waals surface area contributed by atoms with Crippen LogP contribution in [0.15, 0.2) is 41.3 Å². The maximum absolute atomic E-state index is 12.2. The molecule has 8 heteroatoms. The number of methoxy groups -OCH3 is 1. The average Bonchev–Trinajstić information content (AvgIpc) is 3.28. The molecule has 1 fully saturated rings. The first-order valence-electron chi connectivity index (χ1n) is 10.0. The fourth-order valence-corrected chi connectivity index (χ4v) is 3.23. The molecule has 0 saturated carbocycles. The molecule has 30 heavy (non-hydrogen) atoms. The minimum atomic E-state index is -0.275. The zero-order valence-electron chi connectivity index (χ0n) is 17.4. The van der Waals surface area contributed by atoms with Crippen molar-refractivity contribution in [3.8, 4) is 17.2 Å². The predicted molar refractivity (Wildman–Crippen MR) is 111 cm³/mol. The number of benzene rings is 1. The highest BCUT2D eigenvalue weighted by Gasteiger charge is 2.17. The lowest BCUT2D eigenvalue weighted by Gasteiger charge is -2.16. The van der Waals surface area contributed by atoms with Crippen LogP contribution in [-0.4, -0.2) is 50.1 Å². The summed E-state index contributed by atoms with van der Waals surface area (Å²) in [7, 11) is 1.61. The smallest absolute Gasteiger partial charge is 0.258 e. The standard InChI is InChI=1S/C22H28N2O6/c1-16-22(30-15-21(26)23-14-19-4-3-12-28-19)20(25)9-10-24(16)11-13-29-18-7-5-17(27-2)6-8-18/h5-10,19H,3-4,11-15H2,1-2H3,(H,23,26). The number of pyridine rings is 1. The van der Waals surface area contributed by atoms with Crippen molar-refractivity contribution in [2.45, 2.75) is 32.4 Å².